The molecule has 0 fully saturated rings. The van der Waals surface area contributed by atoms with Gasteiger partial charge in [-0.2, -0.15) is 0 Å². The number of para-hydroxylation sites is 2. The largest absolute Gasteiger partial charge is 0.323 e. The highest BCUT2D eigenvalue weighted by atomic mass is 16.6. The third kappa shape index (κ3) is 4.56. The number of carbonyl (C=O) groups is 1. The van der Waals surface area contributed by atoms with Crippen LogP contribution in [0.2, 0.25) is 0 Å². The molecule has 1 N–H and O–H groups in total. The number of carbonyl (C=O) groups excluding carboxylic acids is 1. The molecule has 132 valence electrons. The molecule has 2 amide bonds. The molecule has 2 aromatic rings. The van der Waals surface area contributed by atoms with E-state index in [0.717, 1.165) is 11.3 Å². The first-order valence-electron chi connectivity index (χ1n) is 8.04. The van der Waals surface area contributed by atoms with Crippen molar-refractivity contribution in [2.45, 2.75) is 32.7 Å². The summed E-state index contributed by atoms with van der Waals surface area (Å²) >= 11 is 0. The maximum atomic E-state index is 12.5. The van der Waals surface area contributed by atoms with Gasteiger partial charge in [-0.1, -0.05) is 57.2 Å². The highest BCUT2D eigenvalue weighted by Gasteiger charge is 2.21. The zero-order valence-corrected chi connectivity index (χ0v) is 14.9. The lowest BCUT2D eigenvalue weighted by Crippen LogP contribution is -2.32. The van der Waals surface area contributed by atoms with Gasteiger partial charge in [-0.25, -0.2) is 4.79 Å². The van der Waals surface area contributed by atoms with Crippen molar-refractivity contribution in [3.63, 3.8) is 0 Å². The number of nitro groups is 1. The van der Waals surface area contributed by atoms with Crippen LogP contribution in [0.3, 0.4) is 0 Å². The molecule has 2 aromatic carbocycles. The van der Waals surface area contributed by atoms with Crippen LogP contribution >= 0.6 is 0 Å². The van der Waals surface area contributed by atoms with E-state index in [1.807, 2.05) is 24.3 Å². The molecule has 6 heteroatoms. The first-order valence-corrected chi connectivity index (χ1v) is 8.04. The maximum Gasteiger partial charge on any atom is 0.321 e. The number of hydrogen-bond donors (Lipinski definition) is 1. The van der Waals surface area contributed by atoms with E-state index in [1.54, 1.807) is 25.2 Å². The zero-order chi connectivity index (χ0) is 18.6. The summed E-state index contributed by atoms with van der Waals surface area (Å²) in [5.41, 5.74) is 2.17. The Bertz CT molecular complexity index is 781. The third-order valence-electron chi connectivity index (χ3n) is 3.92. The highest BCUT2D eigenvalue weighted by molar-refractivity contribution is 5.90. The summed E-state index contributed by atoms with van der Waals surface area (Å²) in [5.74, 6) is 0. The van der Waals surface area contributed by atoms with Crippen LogP contribution in [-0.2, 0) is 12.0 Å². The summed E-state index contributed by atoms with van der Waals surface area (Å²) in [5, 5.41) is 14.0. The quantitative estimate of drug-likeness (QED) is 0.654. The number of nitrogens with one attached hydrogen (secondary N) is 1. The molecule has 0 saturated carbocycles. The third-order valence-corrected chi connectivity index (χ3v) is 3.92. The van der Waals surface area contributed by atoms with Gasteiger partial charge in [0.05, 0.1) is 11.5 Å². The summed E-state index contributed by atoms with van der Waals surface area (Å²) in [6.45, 7) is 6.39. The SMILES string of the molecule is CN(Cc1ccccc1[N+](=O)[O-])C(=O)Nc1ccccc1C(C)(C)C. The molecule has 6 nitrogen and oxygen atoms in total. The molecular formula is C19H23N3O3. The van der Waals surface area contributed by atoms with E-state index >= 15 is 0 Å². The van der Waals surface area contributed by atoms with Crippen LogP contribution in [0.4, 0.5) is 16.2 Å². The van der Waals surface area contributed by atoms with E-state index in [0.29, 0.717) is 5.56 Å². The Morgan fingerprint density at radius 2 is 1.72 bits per heavy atom. The topological polar surface area (TPSA) is 75.5 Å². The van der Waals surface area contributed by atoms with Crippen LogP contribution in [0.15, 0.2) is 48.5 Å². The summed E-state index contributed by atoms with van der Waals surface area (Å²) in [7, 11) is 1.62. The fourth-order valence-electron chi connectivity index (χ4n) is 2.61. The van der Waals surface area contributed by atoms with Crippen molar-refractivity contribution >= 4 is 17.4 Å². The van der Waals surface area contributed by atoms with E-state index in [2.05, 4.69) is 26.1 Å². The second-order valence-corrected chi connectivity index (χ2v) is 6.97. The predicted octanol–water partition coefficient (Wildman–Crippen LogP) is 4.56. The van der Waals surface area contributed by atoms with E-state index in [1.165, 1.54) is 11.0 Å². The number of hydrogen-bond acceptors (Lipinski definition) is 3. The van der Waals surface area contributed by atoms with Crippen LogP contribution in [0.5, 0.6) is 0 Å². The second kappa shape index (κ2) is 7.34. The highest BCUT2D eigenvalue weighted by Crippen LogP contribution is 2.29. The molecule has 0 aliphatic rings. The summed E-state index contributed by atoms with van der Waals surface area (Å²) in [6, 6.07) is 13.8. The first-order chi connectivity index (χ1) is 11.7. The van der Waals surface area contributed by atoms with Gasteiger partial charge >= 0.3 is 6.03 Å². The number of benzene rings is 2. The van der Waals surface area contributed by atoms with Crippen LogP contribution < -0.4 is 5.32 Å². The monoisotopic (exact) mass is 341 g/mol. The van der Waals surface area contributed by atoms with Gasteiger partial charge in [0.15, 0.2) is 0 Å². The van der Waals surface area contributed by atoms with Gasteiger partial charge in [-0.05, 0) is 17.0 Å². The van der Waals surface area contributed by atoms with E-state index in [-0.39, 0.29) is 23.7 Å². The number of nitrogens with zero attached hydrogens (tertiary/aromatic N) is 2. The molecule has 0 heterocycles. The van der Waals surface area contributed by atoms with Gasteiger partial charge < -0.3 is 10.2 Å². The minimum absolute atomic E-state index is 0.0113. The molecule has 0 saturated heterocycles. The van der Waals surface area contributed by atoms with Gasteiger partial charge in [0.1, 0.15) is 0 Å². The Balaban J connectivity index is 2.16. The van der Waals surface area contributed by atoms with Crippen molar-refractivity contribution in [1.82, 2.24) is 4.90 Å². The van der Waals surface area contributed by atoms with Gasteiger partial charge in [0, 0.05) is 24.4 Å². The average molecular weight is 341 g/mol. The average Bonchev–Trinajstić information content (AvgIpc) is 2.54. The fourth-order valence-corrected chi connectivity index (χ4v) is 2.61. The Hall–Kier alpha value is -2.89. The van der Waals surface area contributed by atoms with Crippen LogP contribution in [0.1, 0.15) is 31.9 Å². The number of rotatable bonds is 4. The molecule has 0 radical (unpaired) electrons. The minimum Gasteiger partial charge on any atom is -0.323 e. The molecular weight excluding hydrogens is 318 g/mol. The number of amides is 2. The summed E-state index contributed by atoms with van der Waals surface area (Å²) in [6.07, 6.45) is 0. The molecule has 0 aliphatic heterocycles. The molecule has 0 spiro atoms. The van der Waals surface area contributed by atoms with Crippen molar-refractivity contribution in [2.24, 2.45) is 0 Å². The molecule has 0 unspecified atom stereocenters. The lowest BCUT2D eigenvalue weighted by Gasteiger charge is -2.25. The zero-order valence-electron chi connectivity index (χ0n) is 14.9. The Morgan fingerprint density at radius 1 is 1.12 bits per heavy atom. The van der Waals surface area contributed by atoms with Crippen LogP contribution in [0.25, 0.3) is 0 Å². The first kappa shape index (κ1) is 18.4. The molecule has 0 aromatic heterocycles. The summed E-state index contributed by atoms with van der Waals surface area (Å²) in [4.78, 5) is 24.6. The second-order valence-electron chi connectivity index (χ2n) is 6.97. The van der Waals surface area contributed by atoms with E-state index in [4.69, 9.17) is 0 Å². The van der Waals surface area contributed by atoms with Gasteiger partial charge in [0.2, 0.25) is 0 Å². The van der Waals surface area contributed by atoms with Gasteiger partial charge in [-0.3, -0.25) is 10.1 Å². The Morgan fingerprint density at radius 3 is 2.36 bits per heavy atom. The molecule has 0 bridgehead atoms. The van der Waals surface area contributed by atoms with Crippen molar-refractivity contribution < 1.29 is 9.72 Å². The number of urea groups is 1. The normalized spacial score (nSPS) is 11.0. The van der Waals surface area contributed by atoms with E-state index in [9.17, 15) is 14.9 Å². The van der Waals surface area contributed by atoms with Crippen LogP contribution in [-0.4, -0.2) is 22.9 Å². The number of anilines is 1. The molecule has 0 atom stereocenters. The maximum absolute atomic E-state index is 12.5. The lowest BCUT2D eigenvalue weighted by molar-refractivity contribution is -0.385. The van der Waals surface area contributed by atoms with Crippen molar-refractivity contribution in [2.75, 3.05) is 12.4 Å². The number of nitro benzene ring substituents is 1. The Kier molecular flexibility index (Phi) is 5.41. The predicted molar refractivity (Wildman–Crippen MR) is 98.7 cm³/mol. The van der Waals surface area contributed by atoms with E-state index < -0.39 is 4.92 Å². The van der Waals surface area contributed by atoms with Crippen molar-refractivity contribution in [3.05, 3.63) is 69.8 Å². The lowest BCUT2D eigenvalue weighted by atomic mass is 9.86. The van der Waals surface area contributed by atoms with Crippen molar-refractivity contribution in [3.8, 4) is 0 Å². The standard InChI is InChI=1S/C19H23N3O3/c1-19(2,3)15-10-6-7-11-16(15)20-18(23)21(4)13-14-9-5-8-12-17(14)22(24)25/h5-12H,13H2,1-4H3,(H,20,23). The molecule has 0 aliphatic carbocycles. The van der Waals surface area contributed by atoms with Crippen LogP contribution in [0, 0.1) is 10.1 Å². The van der Waals surface area contributed by atoms with Gasteiger partial charge in [0.25, 0.3) is 5.69 Å². The Labute approximate surface area is 147 Å². The molecule has 25 heavy (non-hydrogen) atoms. The molecule has 2 rings (SSSR count). The minimum atomic E-state index is -0.435. The van der Waals surface area contributed by atoms with Gasteiger partial charge in [-0.15, -0.1) is 0 Å². The smallest absolute Gasteiger partial charge is 0.321 e. The fraction of sp³-hybridized carbons (Fsp3) is 0.316. The summed E-state index contributed by atoms with van der Waals surface area (Å²) < 4.78 is 0. The van der Waals surface area contributed by atoms with Crippen molar-refractivity contribution in [1.29, 1.82) is 0 Å².